The highest BCUT2D eigenvalue weighted by Crippen LogP contribution is 2.28. The van der Waals surface area contributed by atoms with Gasteiger partial charge in [0, 0.05) is 12.6 Å². The first kappa shape index (κ1) is 15.0. The number of allylic oxidation sites excluding steroid dienone is 2. The molecule has 0 unspecified atom stereocenters. The van der Waals surface area contributed by atoms with Crippen LogP contribution in [-0.4, -0.2) is 12.8 Å². The first-order valence-corrected chi connectivity index (χ1v) is 7.76. The molecule has 1 heteroatoms. The molecule has 0 radical (unpaired) electrons. The summed E-state index contributed by atoms with van der Waals surface area (Å²) in [5.74, 6) is 1.08. The number of fused-ring (bicyclic) bond motifs is 1. The number of hydrogen-bond acceptors (Lipinski definition) is 1. The fraction of sp³-hybridized carbons (Fsp3) is 0.526. The van der Waals surface area contributed by atoms with Crippen molar-refractivity contribution in [2.45, 2.75) is 53.4 Å². The van der Waals surface area contributed by atoms with Crippen molar-refractivity contribution >= 4 is 5.71 Å². The van der Waals surface area contributed by atoms with Crippen LogP contribution in [0.3, 0.4) is 0 Å². The molecule has 108 valence electrons. The lowest BCUT2D eigenvalue weighted by atomic mass is 9.83. The number of nitrogens with zero attached hydrogens (tertiary/aromatic N) is 1. The van der Waals surface area contributed by atoms with E-state index in [2.05, 4.69) is 50.9 Å². The lowest BCUT2D eigenvalue weighted by molar-refractivity contribution is 0.932. The Morgan fingerprint density at radius 1 is 1.15 bits per heavy atom. The van der Waals surface area contributed by atoms with E-state index in [4.69, 9.17) is 0 Å². The minimum Gasteiger partial charge on any atom is -0.288 e. The Hall–Kier alpha value is -1.37. The van der Waals surface area contributed by atoms with Gasteiger partial charge in [0.2, 0.25) is 0 Å². The molecule has 0 aromatic heterocycles. The van der Waals surface area contributed by atoms with Crippen LogP contribution in [-0.2, 0) is 6.42 Å². The number of benzene rings is 1. The molecule has 1 aromatic carbocycles. The van der Waals surface area contributed by atoms with Crippen LogP contribution in [0.1, 0.15) is 56.7 Å². The van der Waals surface area contributed by atoms with E-state index < -0.39 is 0 Å². The minimum atomic E-state index is 1.08. The summed E-state index contributed by atoms with van der Waals surface area (Å²) in [7, 11) is 1.90. The van der Waals surface area contributed by atoms with Crippen LogP contribution in [0, 0.1) is 12.8 Å². The molecule has 0 spiro atoms. The number of aliphatic imine (C=N–C) groups is 1. The summed E-state index contributed by atoms with van der Waals surface area (Å²) in [5.41, 5.74) is 8.12. The molecule has 1 aromatic rings. The van der Waals surface area contributed by atoms with Gasteiger partial charge in [-0.2, -0.15) is 0 Å². The normalized spacial score (nSPS) is 19.2. The number of aryl methyl sites for hydroxylation is 2. The Labute approximate surface area is 123 Å². The van der Waals surface area contributed by atoms with Gasteiger partial charge < -0.3 is 0 Å². The molecule has 2 aliphatic rings. The van der Waals surface area contributed by atoms with E-state index in [1.54, 1.807) is 0 Å². The Kier molecular flexibility index (Phi) is 4.80. The van der Waals surface area contributed by atoms with Crippen molar-refractivity contribution in [1.82, 2.24) is 0 Å². The van der Waals surface area contributed by atoms with Crippen molar-refractivity contribution in [1.29, 1.82) is 0 Å². The maximum atomic E-state index is 4.49. The second kappa shape index (κ2) is 6.39. The van der Waals surface area contributed by atoms with Crippen molar-refractivity contribution < 1.29 is 0 Å². The van der Waals surface area contributed by atoms with Crippen LogP contribution in [0.2, 0.25) is 0 Å². The maximum absolute atomic E-state index is 4.49. The summed E-state index contributed by atoms with van der Waals surface area (Å²) >= 11 is 0. The first-order chi connectivity index (χ1) is 9.52. The van der Waals surface area contributed by atoms with Gasteiger partial charge in [-0.15, -0.1) is 0 Å². The fourth-order valence-corrected chi connectivity index (χ4v) is 2.58. The molecule has 2 aliphatic carbocycles. The molecule has 0 N–H and O–H groups in total. The molecule has 0 atom stereocenters. The summed E-state index contributed by atoms with van der Waals surface area (Å²) in [6.07, 6.45) is 5.25. The van der Waals surface area contributed by atoms with E-state index in [9.17, 15) is 0 Å². The number of hydrogen-bond donors (Lipinski definition) is 0. The van der Waals surface area contributed by atoms with Crippen molar-refractivity contribution in [3.8, 4) is 0 Å². The fourth-order valence-electron chi connectivity index (χ4n) is 2.58. The molecule has 0 aliphatic heterocycles. The molecule has 1 fully saturated rings. The van der Waals surface area contributed by atoms with Gasteiger partial charge in [0.15, 0.2) is 0 Å². The molecule has 1 nitrogen and oxygen atoms in total. The van der Waals surface area contributed by atoms with E-state index in [-0.39, 0.29) is 0 Å². The van der Waals surface area contributed by atoms with Crippen molar-refractivity contribution in [3.05, 3.63) is 46.0 Å². The van der Waals surface area contributed by atoms with Crippen molar-refractivity contribution in [2.24, 2.45) is 10.9 Å². The van der Waals surface area contributed by atoms with E-state index in [0.717, 1.165) is 18.8 Å². The molecule has 1 saturated carbocycles. The van der Waals surface area contributed by atoms with Crippen LogP contribution in [0.25, 0.3) is 0 Å². The highest BCUT2D eigenvalue weighted by Gasteiger charge is 2.20. The highest BCUT2D eigenvalue weighted by molar-refractivity contribution is 6.14. The van der Waals surface area contributed by atoms with Gasteiger partial charge in [-0.05, 0) is 56.7 Å². The Balaban J connectivity index is 0.000000315. The molecule has 0 bridgehead atoms. The van der Waals surface area contributed by atoms with Crippen molar-refractivity contribution in [2.75, 3.05) is 7.05 Å². The third-order valence-corrected chi connectivity index (χ3v) is 4.14. The summed E-state index contributed by atoms with van der Waals surface area (Å²) in [6, 6.07) is 6.71. The smallest absolute Gasteiger partial charge is 0.0677 e. The Morgan fingerprint density at radius 3 is 2.30 bits per heavy atom. The van der Waals surface area contributed by atoms with Crippen LogP contribution in [0.15, 0.2) is 34.3 Å². The second-order valence-corrected chi connectivity index (χ2v) is 6.39. The topological polar surface area (TPSA) is 12.4 Å². The SMILES string of the molecule is CC1CC1.CN=C1C(=C(C)C)CCc2ccc(C)cc21. The van der Waals surface area contributed by atoms with Gasteiger partial charge in [-0.1, -0.05) is 43.0 Å². The van der Waals surface area contributed by atoms with E-state index in [0.29, 0.717) is 0 Å². The minimum absolute atomic E-state index is 1.08. The molecule has 3 rings (SSSR count). The molecular formula is C19H27N. The third-order valence-electron chi connectivity index (χ3n) is 4.14. The highest BCUT2D eigenvalue weighted by atomic mass is 14.7. The third kappa shape index (κ3) is 3.59. The second-order valence-electron chi connectivity index (χ2n) is 6.39. The zero-order valence-corrected chi connectivity index (χ0v) is 13.6. The molecule has 0 saturated heterocycles. The van der Waals surface area contributed by atoms with Gasteiger partial charge >= 0.3 is 0 Å². The lowest BCUT2D eigenvalue weighted by Gasteiger charge is -2.22. The predicted molar refractivity (Wildman–Crippen MR) is 88.7 cm³/mol. The van der Waals surface area contributed by atoms with Gasteiger partial charge in [-0.3, -0.25) is 4.99 Å². The monoisotopic (exact) mass is 269 g/mol. The summed E-state index contributed by atoms with van der Waals surface area (Å²) in [4.78, 5) is 4.49. The average Bonchev–Trinajstić information content (AvgIpc) is 3.20. The van der Waals surface area contributed by atoms with Crippen LogP contribution in [0.4, 0.5) is 0 Å². The largest absolute Gasteiger partial charge is 0.288 e. The summed E-state index contributed by atoms with van der Waals surface area (Å²) in [6.45, 7) is 8.78. The van der Waals surface area contributed by atoms with Gasteiger partial charge in [0.05, 0.1) is 5.71 Å². The standard InChI is InChI=1S/C15H19N.C4H8/c1-10(2)13-8-7-12-6-5-11(3)9-14(12)15(13)16-4;1-4-2-3-4/h5-6,9H,7-8H2,1-4H3;4H,2-3H2,1H3. The number of rotatable bonds is 0. The first-order valence-electron chi connectivity index (χ1n) is 7.76. The van der Waals surface area contributed by atoms with Crippen molar-refractivity contribution in [3.63, 3.8) is 0 Å². The van der Waals surface area contributed by atoms with Gasteiger partial charge in [0.1, 0.15) is 0 Å². The average molecular weight is 269 g/mol. The molecule has 0 amide bonds. The van der Waals surface area contributed by atoms with Crippen LogP contribution >= 0.6 is 0 Å². The summed E-state index contributed by atoms with van der Waals surface area (Å²) in [5, 5.41) is 0. The molecule has 0 heterocycles. The van der Waals surface area contributed by atoms with E-state index in [1.165, 1.54) is 46.4 Å². The van der Waals surface area contributed by atoms with Gasteiger partial charge in [0.25, 0.3) is 0 Å². The lowest BCUT2D eigenvalue weighted by Crippen LogP contribution is -2.16. The van der Waals surface area contributed by atoms with Crippen LogP contribution < -0.4 is 0 Å². The Bertz CT molecular complexity index is 541. The molecular weight excluding hydrogens is 242 g/mol. The summed E-state index contributed by atoms with van der Waals surface area (Å²) < 4.78 is 0. The zero-order valence-electron chi connectivity index (χ0n) is 13.6. The Morgan fingerprint density at radius 2 is 1.80 bits per heavy atom. The van der Waals surface area contributed by atoms with E-state index >= 15 is 0 Å². The predicted octanol–water partition coefficient (Wildman–Crippen LogP) is 5.11. The van der Waals surface area contributed by atoms with Gasteiger partial charge in [-0.25, -0.2) is 0 Å². The molecule has 20 heavy (non-hydrogen) atoms. The maximum Gasteiger partial charge on any atom is 0.0677 e. The zero-order chi connectivity index (χ0) is 14.7. The van der Waals surface area contributed by atoms with Crippen LogP contribution in [0.5, 0.6) is 0 Å². The quantitative estimate of drug-likeness (QED) is 0.620. The van der Waals surface area contributed by atoms with E-state index in [1.807, 2.05) is 7.05 Å².